The van der Waals surface area contributed by atoms with Crippen LogP contribution < -0.4 is 10.1 Å². The molecule has 1 N–H and O–H groups in total. The van der Waals surface area contributed by atoms with Crippen LogP contribution in [0.25, 0.3) is 0 Å². The molecule has 0 bridgehead atoms. The van der Waals surface area contributed by atoms with Gasteiger partial charge in [-0.3, -0.25) is 9.59 Å². The second-order valence-electron chi connectivity index (χ2n) is 10.7. The Kier molecular flexibility index (Phi) is 7.61. The first-order chi connectivity index (χ1) is 17.6. The molecule has 1 spiro atoms. The van der Waals surface area contributed by atoms with Gasteiger partial charge in [-0.1, -0.05) is 42.5 Å². The Labute approximate surface area is 215 Å². The van der Waals surface area contributed by atoms with Crippen molar-refractivity contribution in [1.29, 1.82) is 0 Å². The first-order valence-electron chi connectivity index (χ1n) is 13.6. The van der Waals surface area contributed by atoms with Crippen LogP contribution in [-0.2, 0) is 16.1 Å². The van der Waals surface area contributed by atoms with Crippen LogP contribution in [-0.4, -0.2) is 60.4 Å². The summed E-state index contributed by atoms with van der Waals surface area (Å²) in [7, 11) is 0. The highest BCUT2D eigenvalue weighted by Crippen LogP contribution is 2.42. The summed E-state index contributed by atoms with van der Waals surface area (Å²) in [6.45, 7) is 6.88. The molecule has 5 rings (SSSR count). The fourth-order valence-electron chi connectivity index (χ4n) is 5.77. The zero-order chi connectivity index (χ0) is 25.0. The Morgan fingerprint density at radius 2 is 1.72 bits per heavy atom. The number of benzene rings is 2. The summed E-state index contributed by atoms with van der Waals surface area (Å²) in [5.74, 6) is 1.24. The molecule has 2 aliphatic heterocycles. The molecule has 1 unspecified atom stereocenters. The highest BCUT2D eigenvalue weighted by molar-refractivity contribution is 5.85. The van der Waals surface area contributed by atoms with Crippen molar-refractivity contribution in [2.24, 2.45) is 5.41 Å². The summed E-state index contributed by atoms with van der Waals surface area (Å²) < 4.78 is 5.54. The Morgan fingerprint density at radius 3 is 2.39 bits per heavy atom. The van der Waals surface area contributed by atoms with E-state index < -0.39 is 0 Å². The molecule has 3 aliphatic rings. The van der Waals surface area contributed by atoms with Gasteiger partial charge in [-0.15, -0.1) is 0 Å². The molecular formula is C30H39N3O3. The van der Waals surface area contributed by atoms with Gasteiger partial charge >= 0.3 is 0 Å². The molecule has 6 nitrogen and oxygen atoms in total. The molecule has 36 heavy (non-hydrogen) atoms. The van der Waals surface area contributed by atoms with Crippen LogP contribution in [0.15, 0.2) is 54.6 Å². The normalized spacial score (nSPS) is 20.5. The number of nitrogens with zero attached hydrogens (tertiary/aromatic N) is 2. The van der Waals surface area contributed by atoms with Gasteiger partial charge in [-0.2, -0.15) is 0 Å². The molecule has 2 saturated heterocycles. The summed E-state index contributed by atoms with van der Waals surface area (Å²) in [5, 5.41) is 3.21. The molecule has 6 heteroatoms. The zero-order valence-electron chi connectivity index (χ0n) is 21.5. The molecule has 192 valence electrons. The van der Waals surface area contributed by atoms with Crippen LogP contribution in [0.5, 0.6) is 5.75 Å². The van der Waals surface area contributed by atoms with Gasteiger partial charge in [0.1, 0.15) is 5.75 Å². The Bertz CT molecular complexity index is 1030. The minimum Gasteiger partial charge on any atom is -0.494 e. The summed E-state index contributed by atoms with van der Waals surface area (Å²) in [6, 6.07) is 18.6. The smallest absolute Gasteiger partial charge is 0.229 e. The summed E-state index contributed by atoms with van der Waals surface area (Å²) >= 11 is 0. The van der Waals surface area contributed by atoms with E-state index in [0.29, 0.717) is 25.1 Å². The SMILES string of the molecule is CCOc1ccc(CN2CCC3(CCN(CCC(C(=O)NC4CC4)c4ccccc4)CC3)C2=O)cc1. The number of nitrogens with one attached hydrogen (secondary N) is 1. The highest BCUT2D eigenvalue weighted by atomic mass is 16.5. The van der Waals surface area contributed by atoms with Gasteiger partial charge in [0.05, 0.1) is 17.9 Å². The molecule has 1 atom stereocenters. The highest BCUT2D eigenvalue weighted by Gasteiger charge is 2.47. The van der Waals surface area contributed by atoms with Crippen LogP contribution in [0, 0.1) is 5.41 Å². The predicted octanol–water partition coefficient (Wildman–Crippen LogP) is 4.35. The lowest BCUT2D eigenvalue weighted by molar-refractivity contribution is -0.138. The number of hydrogen-bond donors (Lipinski definition) is 1. The Morgan fingerprint density at radius 1 is 1.03 bits per heavy atom. The van der Waals surface area contributed by atoms with E-state index in [4.69, 9.17) is 4.74 Å². The molecule has 3 fully saturated rings. The molecule has 2 aromatic rings. The number of amides is 2. The van der Waals surface area contributed by atoms with Gasteiger partial charge in [-0.05, 0) is 88.3 Å². The topological polar surface area (TPSA) is 61.9 Å². The number of ether oxygens (including phenoxy) is 1. The number of carbonyl (C=O) groups is 2. The molecule has 2 aromatic carbocycles. The predicted molar refractivity (Wildman–Crippen MR) is 141 cm³/mol. The number of hydrogen-bond acceptors (Lipinski definition) is 4. The van der Waals surface area contributed by atoms with E-state index in [0.717, 1.165) is 81.6 Å². The van der Waals surface area contributed by atoms with Crippen molar-refractivity contribution in [1.82, 2.24) is 15.1 Å². The van der Waals surface area contributed by atoms with Crippen LogP contribution in [0.4, 0.5) is 0 Å². The van der Waals surface area contributed by atoms with Crippen molar-refractivity contribution in [2.45, 2.75) is 64.0 Å². The van der Waals surface area contributed by atoms with E-state index in [-0.39, 0.29) is 17.2 Å². The minimum absolute atomic E-state index is 0.111. The maximum Gasteiger partial charge on any atom is 0.229 e. The van der Waals surface area contributed by atoms with Crippen molar-refractivity contribution < 1.29 is 14.3 Å². The molecule has 0 aromatic heterocycles. The molecule has 1 aliphatic carbocycles. The molecule has 1 saturated carbocycles. The number of rotatable bonds is 10. The molecular weight excluding hydrogens is 450 g/mol. The van der Waals surface area contributed by atoms with Crippen molar-refractivity contribution >= 4 is 11.8 Å². The van der Waals surface area contributed by atoms with E-state index in [1.165, 1.54) is 0 Å². The van der Waals surface area contributed by atoms with E-state index in [2.05, 4.69) is 34.5 Å². The summed E-state index contributed by atoms with van der Waals surface area (Å²) in [6.07, 6.45) is 5.79. The van der Waals surface area contributed by atoms with Gasteiger partial charge in [0.15, 0.2) is 0 Å². The third kappa shape index (κ3) is 5.75. The maximum atomic E-state index is 13.4. The maximum absolute atomic E-state index is 13.4. The fraction of sp³-hybridized carbons (Fsp3) is 0.533. The van der Waals surface area contributed by atoms with Crippen molar-refractivity contribution in [3.05, 3.63) is 65.7 Å². The van der Waals surface area contributed by atoms with Crippen molar-refractivity contribution in [3.63, 3.8) is 0 Å². The standard InChI is InChI=1S/C30H39N3O3/c1-2-36-26-12-8-23(9-13-26)22-33-21-17-30(29(33)35)15-19-32(20-16-30)18-14-27(24-6-4-3-5-7-24)28(34)31-25-10-11-25/h3-9,12-13,25,27H,2,10-11,14-22H2,1H3,(H,31,34). The van der Waals surface area contributed by atoms with E-state index in [1.807, 2.05) is 42.2 Å². The van der Waals surface area contributed by atoms with E-state index in [1.54, 1.807) is 0 Å². The Balaban J connectivity index is 1.13. The lowest BCUT2D eigenvalue weighted by atomic mass is 9.77. The van der Waals surface area contributed by atoms with Gasteiger partial charge in [0.2, 0.25) is 11.8 Å². The first kappa shape index (κ1) is 24.8. The third-order valence-corrected chi connectivity index (χ3v) is 8.20. The molecule has 0 radical (unpaired) electrons. The summed E-state index contributed by atoms with van der Waals surface area (Å²) in [4.78, 5) is 30.9. The fourth-order valence-corrected chi connectivity index (χ4v) is 5.77. The third-order valence-electron chi connectivity index (χ3n) is 8.20. The second kappa shape index (κ2) is 11.0. The lowest BCUT2D eigenvalue weighted by Crippen LogP contribution is -2.45. The monoisotopic (exact) mass is 489 g/mol. The van der Waals surface area contributed by atoms with E-state index >= 15 is 0 Å². The molecule has 2 heterocycles. The quantitative estimate of drug-likeness (QED) is 0.539. The van der Waals surface area contributed by atoms with Crippen LogP contribution >= 0.6 is 0 Å². The number of carbonyl (C=O) groups excluding carboxylic acids is 2. The largest absolute Gasteiger partial charge is 0.494 e. The van der Waals surface area contributed by atoms with Gasteiger partial charge in [-0.25, -0.2) is 0 Å². The van der Waals surface area contributed by atoms with Crippen molar-refractivity contribution in [3.8, 4) is 5.75 Å². The average molecular weight is 490 g/mol. The van der Waals surface area contributed by atoms with Crippen LogP contribution in [0.3, 0.4) is 0 Å². The second-order valence-corrected chi connectivity index (χ2v) is 10.7. The number of likely N-dealkylation sites (tertiary alicyclic amines) is 2. The molecule has 2 amide bonds. The Hall–Kier alpha value is -2.86. The van der Waals surface area contributed by atoms with E-state index in [9.17, 15) is 9.59 Å². The zero-order valence-corrected chi connectivity index (χ0v) is 21.5. The van der Waals surface area contributed by atoms with Crippen molar-refractivity contribution in [2.75, 3.05) is 32.8 Å². The first-order valence-corrected chi connectivity index (χ1v) is 13.6. The van der Waals surface area contributed by atoms with Gasteiger partial charge in [0.25, 0.3) is 0 Å². The summed E-state index contributed by atoms with van der Waals surface area (Å²) in [5.41, 5.74) is 2.04. The lowest BCUT2D eigenvalue weighted by Gasteiger charge is -2.38. The average Bonchev–Trinajstić information content (AvgIpc) is 3.68. The number of piperidine rings is 1. The van der Waals surface area contributed by atoms with Crippen LogP contribution in [0.2, 0.25) is 0 Å². The van der Waals surface area contributed by atoms with Gasteiger partial charge in [0, 0.05) is 19.1 Å². The minimum atomic E-state index is -0.204. The van der Waals surface area contributed by atoms with Gasteiger partial charge < -0.3 is 19.9 Å². The van der Waals surface area contributed by atoms with Crippen LogP contribution in [0.1, 0.15) is 62.5 Å².